The van der Waals surface area contributed by atoms with Gasteiger partial charge in [-0.05, 0) is 32.8 Å². The topological polar surface area (TPSA) is 46.9 Å². The van der Waals surface area contributed by atoms with Crippen LogP contribution in [0.25, 0.3) is 0 Å². The molecular weight excluding hydrogens is 178 g/mol. The van der Waals surface area contributed by atoms with Crippen molar-refractivity contribution in [3.63, 3.8) is 0 Å². The Morgan fingerprint density at radius 2 is 2.43 bits per heavy atom. The zero-order valence-corrected chi connectivity index (χ0v) is 8.58. The summed E-state index contributed by atoms with van der Waals surface area (Å²) < 4.78 is 1.84. The molecule has 1 amide bonds. The molecule has 76 valence electrons. The number of nitrogens with one attached hydrogen (secondary N) is 1. The Bertz CT molecular complexity index is 352. The van der Waals surface area contributed by atoms with Crippen molar-refractivity contribution < 1.29 is 4.79 Å². The minimum atomic E-state index is -0.0391. The first-order valence-electron chi connectivity index (χ1n) is 5.06. The van der Waals surface area contributed by atoms with Crippen LogP contribution in [0.1, 0.15) is 35.9 Å². The molecule has 0 atom stereocenters. The van der Waals surface area contributed by atoms with E-state index in [2.05, 4.69) is 10.4 Å². The molecule has 1 saturated carbocycles. The third-order valence-corrected chi connectivity index (χ3v) is 2.43. The summed E-state index contributed by atoms with van der Waals surface area (Å²) in [4.78, 5) is 11.6. The fraction of sp³-hybridized carbons (Fsp3) is 0.600. The molecule has 14 heavy (non-hydrogen) atoms. The largest absolute Gasteiger partial charge is 0.348 e. The van der Waals surface area contributed by atoms with E-state index >= 15 is 0 Å². The van der Waals surface area contributed by atoms with Crippen molar-refractivity contribution in [2.24, 2.45) is 0 Å². The molecule has 0 aliphatic heterocycles. The van der Waals surface area contributed by atoms with Crippen molar-refractivity contribution in [1.29, 1.82) is 0 Å². The number of rotatable bonds is 3. The van der Waals surface area contributed by atoms with Crippen LogP contribution >= 0.6 is 0 Å². The molecule has 4 nitrogen and oxygen atoms in total. The van der Waals surface area contributed by atoms with E-state index in [-0.39, 0.29) is 5.91 Å². The summed E-state index contributed by atoms with van der Waals surface area (Å²) in [6.45, 7) is 4.79. The van der Waals surface area contributed by atoms with Crippen LogP contribution in [-0.2, 0) is 6.54 Å². The van der Waals surface area contributed by atoms with Gasteiger partial charge in [0, 0.05) is 18.3 Å². The molecule has 1 aliphatic carbocycles. The van der Waals surface area contributed by atoms with Crippen LogP contribution in [0.5, 0.6) is 0 Å². The molecular formula is C10H15N3O. The number of hydrogen-bond donors (Lipinski definition) is 1. The maximum absolute atomic E-state index is 11.6. The van der Waals surface area contributed by atoms with Crippen LogP contribution < -0.4 is 5.32 Å². The van der Waals surface area contributed by atoms with E-state index in [4.69, 9.17) is 0 Å². The summed E-state index contributed by atoms with van der Waals surface area (Å²) in [5, 5.41) is 7.13. The maximum atomic E-state index is 11.6. The molecule has 1 fully saturated rings. The molecule has 0 unspecified atom stereocenters. The van der Waals surface area contributed by atoms with Gasteiger partial charge >= 0.3 is 0 Å². The molecule has 4 heteroatoms. The highest BCUT2D eigenvalue weighted by atomic mass is 16.2. The van der Waals surface area contributed by atoms with Gasteiger partial charge in [-0.25, -0.2) is 0 Å². The summed E-state index contributed by atoms with van der Waals surface area (Å²) in [5.74, 6) is -0.0391. The fourth-order valence-corrected chi connectivity index (χ4v) is 1.43. The van der Waals surface area contributed by atoms with Crippen LogP contribution in [0.4, 0.5) is 0 Å². The molecule has 2 rings (SSSR count). The predicted octanol–water partition coefficient (Wildman–Crippen LogP) is 1.10. The third-order valence-electron chi connectivity index (χ3n) is 2.43. The Labute approximate surface area is 83.3 Å². The lowest BCUT2D eigenvalue weighted by atomic mass is 10.3. The average Bonchev–Trinajstić information content (AvgIpc) is 2.87. The van der Waals surface area contributed by atoms with E-state index in [0.717, 1.165) is 25.1 Å². The standard InChI is InChI=1S/C10H15N3O/c1-3-13-7(2)6-9(12-13)10(14)11-8-4-5-8/h6,8H,3-5H2,1-2H3,(H,11,14). The van der Waals surface area contributed by atoms with Crippen LogP contribution in [0.2, 0.25) is 0 Å². The minimum Gasteiger partial charge on any atom is -0.348 e. The highest BCUT2D eigenvalue weighted by molar-refractivity contribution is 5.92. The Balaban J connectivity index is 2.10. The average molecular weight is 193 g/mol. The molecule has 0 bridgehead atoms. The minimum absolute atomic E-state index is 0.0391. The molecule has 0 spiro atoms. The van der Waals surface area contributed by atoms with Crippen LogP contribution in [0.3, 0.4) is 0 Å². The van der Waals surface area contributed by atoms with Gasteiger partial charge in [-0.1, -0.05) is 0 Å². The quantitative estimate of drug-likeness (QED) is 0.781. The lowest BCUT2D eigenvalue weighted by Gasteiger charge is -1.98. The SMILES string of the molecule is CCn1nc(C(=O)NC2CC2)cc1C. The first kappa shape index (κ1) is 9.24. The van der Waals surface area contributed by atoms with Gasteiger partial charge < -0.3 is 5.32 Å². The van der Waals surface area contributed by atoms with Gasteiger partial charge in [0.15, 0.2) is 0 Å². The highest BCUT2D eigenvalue weighted by Gasteiger charge is 2.24. The van der Waals surface area contributed by atoms with Gasteiger partial charge in [-0.2, -0.15) is 5.10 Å². The van der Waals surface area contributed by atoms with Crippen LogP contribution in [0.15, 0.2) is 6.07 Å². The van der Waals surface area contributed by atoms with Crippen LogP contribution in [0, 0.1) is 6.92 Å². The fourth-order valence-electron chi connectivity index (χ4n) is 1.43. The lowest BCUT2D eigenvalue weighted by molar-refractivity contribution is 0.0945. The predicted molar refractivity (Wildman–Crippen MR) is 53.1 cm³/mol. The maximum Gasteiger partial charge on any atom is 0.272 e. The second-order valence-electron chi connectivity index (χ2n) is 3.73. The Kier molecular flexibility index (Phi) is 2.27. The van der Waals surface area contributed by atoms with Crippen molar-refractivity contribution in [1.82, 2.24) is 15.1 Å². The van der Waals surface area contributed by atoms with E-state index in [9.17, 15) is 4.79 Å². The number of aromatic nitrogens is 2. The Morgan fingerprint density at radius 3 is 2.93 bits per heavy atom. The first-order chi connectivity index (χ1) is 6.70. The summed E-state index contributed by atoms with van der Waals surface area (Å²) in [7, 11) is 0. The van der Waals surface area contributed by atoms with E-state index in [1.165, 1.54) is 0 Å². The number of aryl methyl sites for hydroxylation is 2. The molecule has 1 aromatic rings. The lowest BCUT2D eigenvalue weighted by Crippen LogP contribution is -2.25. The molecule has 0 saturated heterocycles. The monoisotopic (exact) mass is 193 g/mol. The van der Waals surface area contributed by atoms with Crippen LogP contribution in [-0.4, -0.2) is 21.7 Å². The van der Waals surface area contributed by atoms with Gasteiger partial charge in [-0.3, -0.25) is 9.48 Å². The van der Waals surface area contributed by atoms with Crippen molar-refractivity contribution >= 4 is 5.91 Å². The number of amides is 1. The first-order valence-corrected chi connectivity index (χ1v) is 5.06. The summed E-state index contributed by atoms with van der Waals surface area (Å²) in [5.41, 5.74) is 1.57. The second kappa shape index (κ2) is 3.44. The number of carbonyl (C=O) groups excluding carboxylic acids is 1. The van der Waals surface area contributed by atoms with Gasteiger partial charge in [0.2, 0.25) is 0 Å². The number of carbonyl (C=O) groups is 1. The Hall–Kier alpha value is -1.32. The number of hydrogen-bond acceptors (Lipinski definition) is 2. The summed E-state index contributed by atoms with van der Waals surface area (Å²) in [6.07, 6.45) is 2.22. The molecule has 1 aromatic heterocycles. The molecule has 1 heterocycles. The van der Waals surface area contributed by atoms with Crippen molar-refractivity contribution in [3.8, 4) is 0 Å². The van der Waals surface area contributed by atoms with E-state index in [0.29, 0.717) is 11.7 Å². The number of nitrogens with zero attached hydrogens (tertiary/aromatic N) is 2. The van der Waals surface area contributed by atoms with Crippen molar-refractivity contribution in [2.45, 2.75) is 39.3 Å². The van der Waals surface area contributed by atoms with Gasteiger partial charge in [-0.15, -0.1) is 0 Å². The zero-order chi connectivity index (χ0) is 10.1. The van der Waals surface area contributed by atoms with E-state index in [1.807, 2.05) is 24.6 Å². The van der Waals surface area contributed by atoms with E-state index < -0.39 is 0 Å². The smallest absolute Gasteiger partial charge is 0.272 e. The van der Waals surface area contributed by atoms with Gasteiger partial charge in [0.25, 0.3) is 5.91 Å². The third kappa shape index (κ3) is 1.78. The van der Waals surface area contributed by atoms with Crippen molar-refractivity contribution in [2.75, 3.05) is 0 Å². The van der Waals surface area contributed by atoms with E-state index in [1.54, 1.807) is 0 Å². The zero-order valence-electron chi connectivity index (χ0n) is 8.58. The molecule has 0 aromatic carbocycles. The van der Waals surface area contributed by atoms with Gasteiger partial charge in [0.1, 0.15) is 5.69 Å². The molecule has 0 radical (unpaired) electrons. The normalized spacial score (nSPS) is 15.6. The molecule has 1 aliphatic rings. The second-order valence-corrected chi connectivity index (χ2v) is 3.73. The van der Waals surface area contributed by atoms with Crippen molar-refractivity contribution in [3.05, 3.63) is 17.5 Å². The molecule has 1 N–H and O–H groups in total. The summed E-state index contributed by atoms with van der Waals surface area (Å²) in [6, 6.07) is 2.23. The Morgan fingerprint density at radius 1 is 1.71 bits per heavy atom. The highest BCUT2D eigenvalue weighted by Crippen LogP contribution is 2.19. The summed E-state index contributed by atoms with van der Waals surface area (Å²) >= 11 is 0. The van der Waals surface area contributed by atoms with Gasteiger partial charge in [0.05, 0.1) is 0 Å².